The van der Waals surface area contributed by atoms with Crippen LogP contribution in [0.3, 0.4) is 0 Å². The normalized spacial score (nSPS) is 12.1. The fourth-order valence-corrected chi connectivity index (χ4v) is 2.73. The number of hydrogen-bond acceptors (Lipinski definition) is 4. The molecule has 0 unspecified atom stereocenters. The zero-order chi connectivity index (χ0) is 13.3. The molecule has 2 aromatic rings. The molecule has 0 saturated carbocycles. The monoisotopic (exact) mass is 267 g/mol. The third-order valence-corrected chi connectivity index (χ3v) is 4.75. The van der Waals surface area contributed by atoms with Gasteiger partial charge in [-0.1, -0.05) is 19.1 Å². The van der Waals surface area contributed by atoms with E-state index in [1.54, 1.807) is 11.5 Å². The molecule has 2 rings (SSSR count). The van der Waals surface area contributed by atoms with E-state index in [9.17, 15) is 8.42 Å². The van der Waals surface area contributed by atoms with Crippen LogP contribution in [0.5, 0.6) is 0 Å². The summed E-state index contributed by atoms with van der Waals surface area (Å²) in [6.07, 6.45) is 0. The van der Waals surface area contributed by atoms with E-state index in [1.165, 1.54) is 0 Å². The number of nitrogens with two attached hydrogens (primary N) is 1. The first kappa shape index (κ1) is 12.9. The zero-order valence-electron chi connectivity index (χ0n) is 10.5. The molecule has 1 heterocycles. The highest BCUT2D eigenvalue weighted by Gasteiger charge is 2.13. The molecule has 0 atom stereocenters. The predicted octanol–water partition coefficient (Wildman–Crippen LogP) is 1.36. The van der Waals surface area contributed by atoms with Gasteiger partial charge < -0.3 is 10.3 Å². The highest BCUT2D eigenvalue weighted by atomic mass is 32.2. The van der Waals surface area contributed by atoms with Crippen LogP contribution in [-0.2, 0) is 16.4 Å². The number of aromatic nitrogens is 2. The molecule has 6 heteroatoms. The van der Waals surface area contributed by atoms with Crippen molar-refractivity contribution in [2.45, 2.75) is 20.4 Å². The number of hydrogen-bond donors (Lipinski definition) is 1. The van der Waals surface area contributed by atoms with Crippen LogP contribution in [0, 0.1) is 6.92 Å². The third-order valence-electron chi connectivity index (χ3n) is 3.06. The molecule has 1 aromatic carbocycles. The van der Waals surface area contributed by atoms with Crippen molar-refractivity contribution < 1.29 is 8.42 Å². The van der Waals surface area contributed by atoms with Crippen molar-refractivity contribution in [1.29, 1.82) is 0 Å². The Labute approximate surface area is 107 Å². The molecule has 0 aliphatic heterocycles. The maximum absolute atomic E-state index is 11.6. The first-order valence-electron chi connectivity index (χ1n) is 5.86. The number of para-hydroxylation sites is 1. The van der Waals surface area contributed by atoms with Crippen LogP contribution >= 0.6 is 0 Å². The lowest BCUT2D eigenvalue weighted by Gasteiger charge is -2.07. The van der Waals surface area contributed by atoms with Crippen molar-refractivity contribution in [2.24, 2.45) is 0 Å². The molecule has 0 aliphatic carbocycles. The standard InChI is InChI=1S/C12H17N3O2S/c1-3-18(16,17)8-7-15-11-9(2)5-4-6-10(11)14-12(15)13/h4-6H,3,7-8H2,1-2H3,(H2,13,14). The summed E-state index contributed by atoms with van der Waals surface area (Å²) in [5.41, 5.74) is 8.62. The number of fused-ring (bicyclic) bond motifs is 1. The van der Waals surface area contributed by atoms with Crippen LogP contribution < -0.4 is 5.73 Å². The third kappa shape index (κ3) is 2.33. The van der Waals surface area contributed by atoms with E-state index in [-0.39, 0.29) is 11.5 Å². The minimum atomic E-state index is -3.00. The molecule has 0 fully saturated rings. The summed E-state index contributed by atoms with van der Waals surface area (Å²) in [5, 5.41) is 0. The highest BCUT2D eigenvalue weighted by Crippen LogP contribution is 2.21. The Balaban J connectivity index is 2.42. The second kappa shape index (κ2) is 4.61. The van der Waals surface area contributed by atoms with Crippen LogP contribution in [0.25, 0.3) is 11.0 Å². The topological polar surface area (TPSA) is 78.0 Å². The second-order valence-corrected chi connectivity index (χ2v) is 6.77. The fraction of sp³-hybridized carbons (Fsp3) is 0.417. The van der Waals surface area contributed by atoms with E-state index in [4.69, 9.17) is 5.73 Å². The van der Waals surface area contributed by atoms with Gasteiger partial charge in [0.05, 0.1) is 16.8 Å². The fourth-order valence-electron chi connectivity index (χ4n) is 1.98. The van der Waals surface area contributed by atoms with Crippen molar-refractivity contribution in [1.82, 2.24) is 9.55 Å². The van der Waals surface area contributed by atoms with Gasteiger partial charge in [0.2, 0.25) is 5.95 Å². The summed E-state index contributed by atoms with van der Waals surface area (Å²) in [7, 11) is -3.00. The van der Waals surface area contributed by atoms with E-state index < -0.39 is 9.84 Å². The van der Waals surface area contributed by atoms with E-state index in [2.05, 4.69) is 4.98 Å². The first-order chi connectivity index (χ1) is 8.44. The van der Waals surface area contributed by atoms with E-state index >= 15 is 0 Å². The largest absolute Gasteiger partial charge is 0.369 e. The number of sulfone groups is 1. The van der Waals surface area contributed by atoms with Gasteiger partial charge in [-0.2, -0.15) is 0 Å². The molecule has 0 spiro atoms. The Kier molecular flexibility index (Phi) is 3.30. The van der Waals surface area contributed by atoms with Gasteiger partial charge in [0.25, 0.3) is 0 Å². The van der Waals surface area contributed by atoms with E-state index in [0.29, 0.717) is 12.5 Å². The summed E-state index contributed by atoms with van der Waals surface area (Å²) in [4.78, 5) is 4.25. The Hall–Kier alpha value is -1.56. The highest BCUT2D eigenvalue weighted by molar-refractivity contribution is 7.91. The molecule has 1 aromatic heterocycles. The summed E-state index contributed by atoms with van der Waals surface area (Å²) in [6, 6.07) is 5.76. The molecule has 98 valence electrons. The Morgan fingerprint density at radius 3 is 2.78 bits per heavy atom. The lowest BCUT2D eigenvalue weighted by atomic mass is 10.2. The van der Waals surface area contributed by atoms with Crippen LogP contribution in [0.4, 0.5) is 5.95 Å². The quantitative estimate of drug-likeness (QED) is 0.907. The Morgan fingerprint density at radius 2 is 2.11 bits per heavy atom. The molecular formula is C12H17N3O2S. The lowest BCUT2D eigenvalue weighted by Crippen LogP contribution is -2.16. The van der Waals surface area contributed by atoms with Crippen LogP contribution in [0.2, 0.25) is 0 Å². The number of aryl methyl sites for hydroxylation is 2. The van der Waals surface area contributed by atoms with Crippen molar-refractivity contribution in [2.75, 3.05) is 17.2 Å². The molecule has 0 saturated heterocycles. The van der Waals surface area contributed by atoms with Crippen molar-refractivity contribution in [3.05, 3.63) is 23.8 Å². The van der Waals surface area contributed by atoms with Crippen molar-refractivity contribution in [3.63, 3.8) is 0 Å². The molecule has 18 heavy (non-hydrogen) atoms. The summed E-state index contributed by atoms with van der Waals surface area (Å²) < 4.78 is 24.9. The van der Waals surface area contributed by atoms with Crippen LogP contribution in [0.1, 0.15) is 12.5 Å². The van der Waals surface area contributed by atoms with Gasteiger partial charge in [-0.3, -0.25) is 0 Å². The molecule has 0 amide bonds. The van der Waals surface area contributed by atoms with E-state index in [1.807, 2.05) is 25.1 Å². The SMILES string of the molecule is CCS(=O)(=O)CCn1c(N)nc2cccc(C)c21. The van der Waals surface area contributed by atoms with Gasteiger partial charge >= 0.3 is 0 Å². The van der Waals surface area contributed by atoms with Crippen LogP contribution in [0.15, 0.2) is 18.2 Å². The summed E-state index contributed by atoms with van der Waals surface area (Å²) >= 11 is 0. The first-order valence-corrected chi connectivity index (χ1v) is 7.68. The van der Waals surface area contributed by atoms with Gasteiger partial charge in [0.15, 0.2) is 9.84 Å². The maximum atomic E-state index is 11.6. The Morgan fingerprint density at radius 1 is 1.39 bits per heavy atom. The average Bonchev–Trinajstić information content (AvgIpc) is 2.64. The molecule has 0 radical (unpaired) electrons. The number of nitrogens with zero attached hydrogens (tertiary/aromatic N) is 2. The van der Waals surface area contributed by atoms with Gasteiger partial charge in [-0.15, -0.1) is 0 Å². The lowest BCUT2D eigenvalue weighted by molar-refractivity contribution is 0.591. The number of imidazole rings is 1. The van der Waals surface area contributed by atoms with Gasteiger partial charge in [-0.05, 0) is 18.6 Å². The number of rotatable bonds is 4. The van der Waals surface area contributed by atoms with Crippen molar-refractivity contribution >= 4 is 26.8 Å². The van der Waals surface area contributed by atoms with Gasteiger partial charge in [-0.25, -0.2) is 13.4 Å². The van der Waals surface area contributed by atoms with Gasteiger partial charge in [0, 0.05) is 12.3 Å². The van der Waals surface area contributed by atoms with E-state index in [0.717, 1.165) is 16.6 Å². The molecule has 2 N–H and O–H groups in total. The molecule has 0 bridgehead atoms. The molecular weight excluding hydrogens is 250 g/mol. The minimum absolute atomic E-state index is 0.0908. The molecule has 5 nitrogen and oxygen atoms in total. The zero-order valence-corrected chi connectivity index (χ0v) is 11.4. The minimum Gasteiger partial charge on any atom is -0.369 e. The van der Waals surface area contributed by atoms with Gasteiger partial charge in [0.1, 0.15) is 0 Å². The average molecular weight is 267 g/mol. The summed E-state index contributed by atoms with van der Waals surface area (Å²) in [5.74, 6) is 0.608. The smallest absolute Gasteiger partial charge is 0.201 e. The van der Waals surface area contributed by atoms with Crippen molar-refractivity contribution in [3.8, 4) is 0 Å². The Bertz CT molecular complexity index is 674. The van der Waals surface area contributed by atoms with Crippen LogP contribution in [-0.4, -0.2) is 29.5 Å². The predicted molar refractivity (Wildman–Crippen MR) is 73.2 cm³/mol. The summed E-state index contributed by atoms with van der Waals surface area (Å²) in [6.45, 7) is 3.97. The number of benzene rings is 1. The number of anilines is 1. The molecule has 0 aliphatic rings. The number of nitrogen functional groups attached to an aromatic ring is 1. The second-order valence-electron chi connectivity index (χ2n) is 4.30. The maximum Gasteiger partial charge on any atom is 0.201 e.